The number of rotatable bonds is 6. The van der Waals surface area contributed by atoms with Crippen LogP contribution in [0.5, 0.6) is 11.5 Å². The lowest BCUT2D eigenvalue weighted by molar-refractivity contribution is 0.0393. The maximum Gasteiger partial charge on any atom is 0.231 e. The summed E-state index contributed by atoms with van der Waals surface area (Å²) < 4.78 is 18.2. The van der Waals surface area contributed by atoms with Crippen LogP contribution in [0.4, 0.5) is 0 Å². The Morgan fingerprint density at radius 1 is 1.06 bits per heavy atom. The molecule has 5 rings (SSSR count). The van der Waals surface area contributed by atoms with Crippen LogP contribution >= 0.6 is 22.9 Å². The van der Waals surface area contributed by atoms with Crippen molar-refractivity contribution in [1.82, 2.24) is 9.58 Å². The van der Waals surface area contributed by atoms with Gasteiger partial charge in [-0.25, -0.2) is 4.68 Å². The maximum atomic E-state index is 6.24. The zero-order valence-electron chi connectivity index (χ0n) is 17.4. The lowest BCUT2D eigenvalue weighted by Gasteiger charge is -2.25. The van der Waals surface area contributed by atoms with Gasteiger partial charge in [0.15, 0.2) is 11.5 Å². The highest BCUT2D eigenvalue weighted by molar-refractivity contribution is 7.07. The molecule has 0 spiro atoms. The van der Waals surface area contributed by atoms with Crippen molar-refractivity contribution in [2.45, 2.75) is 0 Å². The minimum Gasteiger partial charge on any atom is -0.454 e. The highest BCUT2D eigenvalue weighted by atomic mass is 35.5. The number of morpholine rings is 1. The zero-order valence-corrected chi connectivity index (χ0v) is 19.0. The van der Waals surface area contributed by atoms with Crippen LogP contribution in [0.1, 0.15) is 5.56 Å². The van der Waals surface area contributed by atoms with Gasteiger partial charge in [0.05, 0.1) is 31.7 Å². The largest absolute Gasteiger partial charge is 0.454 e. The Bertz CT molecular complexity index is 1180. The summed E-state index contributed by atoms with van der Waals surface area (Å²) in [4.78, 5) is 8.06. The second-order valence-corrected chi connectivity index (χ2v) is 8.69. The molecule has 2 aromatic carbocycles. The third-order valence-electron chi connectivity index (χ3n) is 5.29. The molecule has 0 bridgehead atoms. The highest BCUT2D eigenvalue weighted by Gasteiger charge is 2.13. The van der Waals surface area contributed by atoms with E-state index < -0.39 is 0 Å². The Morgan fingerprint density at radius 2 is 1.94 bits per heavy atom. The van der Waals surface area contributed by atoms with Gasteiger partial charge < -0.3 is 14.2 Å². The molecule has 3 aromatic rings. The first kappa shape index (κ1) is 21.2. The molecular formula is C23H23ClN4O3S. The van der Waals surface area contributed by atoms with Crippen molar-refractivity contribution in [3.63, 3.8) is 0 Å². The zero-order chi connectivity index (χ0) is 21.8. The molecule has 1 saturated heterocycles. The van der Waals surface area contributed by atoms with Gasteiger partial charge in [-0.1, -0.05) is 23.7 Å². The number of hydrogen-bond acceptors (Lipinski definition) is 7. The number of halogens is 1. The van der Waals surface area contributed by atoms with Crippen LogP contribution in [0, 0.1) is 0 Å². The molecule has 0 unspecified atom stereocenters. The predicted octanol–water partition coefficient (Wildman–Crippen LogP) is 3.71. The SMILES string of the molecule is Clc1cccc(-c2csc(=NCCN3CCOCC3)n2N=Cc2ccc3c(c2)OCO3)c1. The molecular weight excluding hydrogens is 448 g/mol. The molecule has 2 aliphatic rings. The Labute approximate surface area is 195 Å². The van der Waals surface area contributed by atoms with Gasteiger partial charge in [0.1, 0.15) is 0 Å². The average molecular weight is 471 g/mol. The topological polar surface area (TPSA) is 60.6 Å². The summed E-state index contributed by atoms with van der Waals surface area (Å²) in [6.45, 7) is 5.34. The second kappa shape index (κ2) is 9.87. The van der Waals surface area contributed by atoms with Crippen LogP contribution in [0.25, 0.3) is 11.3 Å². The van der Waals surface area contributed by atoms with Gasteiger partial charge in [0.2, 0.25) is 11.6 Å². The molecule has 7 nitrogen and oxygen atoms in total. The number of benzene rings is 2. The van der Waals surface area contributed by atoms with E-state index in [9.17, 15) is 0 Å². The minimum absolute atomic E-state index is 0.250. The number of nitrogens with zero attached hydrogens (tertiary/aromatic N) is 4. The summed E-state index contributed by atoms with van der Waals surface area (Å²) in [5, 5.41) is 7.52. The summed E-state index contributed by atoms with van der Waals surface area (Å²) in [6.07, 6.45) is 1.81. The van der Waals surface area contributed by atoms with Gasteiger partial charge >= 0.3 is 0 Å². The third-order valence-corrected chi connectivity index (χ3v) is 6.38. The van der Waals surface area contributed by atoms with Gasteiger partial charge in [-0.15, -0.1) is 11.3 Å². The first-order chi connectivity index (χ1) is 15.8. The lowest BCUT2D eigenvalue weighted by atomic mass is 10.2. The monoisotopic (exact) mass is 470 g/mol. The molecule has 2 aliphatic heterocycles. The van der Waals surface area contributed by atoms with E-state index in [4.69, 9.17) is 35.9 Å². The van der Waals surface area contributed by atoms with Crippen molar-refractivity contribution >= 4 is 29.2 Å². The van der Waals surface area contributed by atoms with Gasteiger partial charge in [-0.05, 0) is 35.9 Å². The van der Waals surface area contributed by atoms with E-state index in [2.05, 4.69) is 10.3 Å². The predicted molar refractivity (Wildman–Crippen MR) is 126 cm³/mol. The number of aromatic nitrogens is 1. The Kier molecular flexibility index (Phi) is 6.54. The summed E-state index contributed by atoms with van der Waals surface area (Å²) in [5.74, 6) is 1.48. The van der Waals surface area contributed by atoms with E-state index in [1.165, 1.54) is 0 Å². The van der Waals surface area contributed by atoms with Crippen LogP contribution in [0.2, 0.25) is 5.02 Å². The van der Waals surface area contributed by atoms with E-state index in [-0.39, 0.29) is 6.79 Å². The fourth-order valence-corrected chi connectivity index (χ4v) is 4.65. The number of hydrogen-bond donors (Lipinski definition) is 0. The normalized spacial score (nSPS) is 16.8. The van der Waals surface area contributed by atoms with Crippen LogP contribution < -0.4 is 14.3 Å². The standard InChI is InChI=1S/C23H23ClN4O3S/c24-19-3-1-2-18(13-19)20-15-32-23(25-6-7-27-8-10-29-11-9-27)28(20)26-14-17-4-5-21-22(12-17)31-16-30-21/h1-5,12-15H,6-11,16H2. The summed E-state index contributed by atoms with van der Waals surface area (Å²) in [6, 6.07) is 13.5. The molecule has 0 aliphatic carbocycles. The quantitative estimate of drug-likeness (QED) is 0.515. The van der Waals surface area contributed by atoms with Crippen molar-refractivity contribution < 1.29 is 14.2 Å². The molecule has 0 atom stereocenters. The van der Waals surface area contributed by atoms with E-state index in [0.29, 0.717) is 11.6 Å². The van der Waals surface area contributed by atoms with Crippen LogP contribution in [0.15, 0.2) is 57.9 Å². The molecule has 1 aromatic heterocycles. The van der Waals surface area contributed by atoms with Crippen molar-refractivity contribution in [1.29, 1.82) is 0 Å². The Morgan fingerprint density at radius 3 is 2.81 bits per heavy atom. The fraction of sp³-hybridized carbons (Fsp3) is 0.304. The molecule has 3 heterocycles. The maximum absolute atomic E-state index is 6.24. The summed E-state index contributed by atoms with van der Waals surface area (Å²) >= 11 is 7.81. The number of ether oxygens (including phenoxy) is 3. The van der Waals surface area contributed by atoms with Crippen LogP contribution in [-0.4, -0.2) is 62.0 Å². The van der Waals surface area contributed by atoms with Gasteiger partial charge in [-0.2, -0.15) is 5.10 Å². The van der Waals surface area contributed by atoms with E-state index in [1.807, 2.05) is 53.4 Å². The Balaban J connectivity index is 1.44. The first-order valence-electron chi connectivity index (χ1n) is 10.5. The number of thiazole rings is 1. The summed E-state index contributed by atoms with van der Waals surface area (Å²) in [5.41, 5.74) is 2.86. The fourth-order valence-electron chi connectivity index (χ4n) is 3.60. The average Bonchev–Trinajstić information content (AvgIpc) is 3.45. The Hall–Kier alpha value is -2.65. The van der Waals surface area contributed by atoms with Crippen LogP contribution in [-0.2, 0) is 4.74 Å². The number of fused-ring (bicyclic) bond motifs is 1. The minimum atomic E-state index is 0.250. The van der Waals surface area contributed by atoms with Crippen molar-refractivity contribution in [3.8, 4) is 22.8 Å². The van der Waals surface area contributed by atoms with Gasteiger partial charge in [0, 0.05) is 35.6 Å². The smallest absolute Gasteiger partial charge is 0.231 e. The highest BCUT2D eigenvalue weighted by Crippen LogP contribution is 2.32. The van der Waals surface area contributed by atoms with E-state index >= 15 is 0 Å². The molecule has 32 heavy (non-hydrogen) atoms. The molecule has 0 amide bonds. The molecule has 0 N–H and O–H groups in total. The van der Waals surface area contributed by atoms with Crippen molar-refractivity contribution in [2.24, 2.45) is 10.1 Å². The molecule has 1 fully saturated rings. The first-order valence-corrected chi connectivity index (χ1v) is 11.7. The summed E-state index contributed by atoms with van der Waals surface area (Å²) in [7, 11) is 0. The van der Waals surface area contributed by atoms with Gasteiger partial charge in [-0.3, -0.25) is 9.89 Å². The van der Waals surface area contributed by atoms with Crippen molar-refractivity contribution in [3.05, 3.63) is 63.2 Å². The molecule has 166 valence electrons. The van der Waals surface area contributed by atoms with E-state index in [1.54, 1.807) is 11.3 Å². The molecule has 0 radical (unpaired) electrons. The molecule has 9 heteroatoms. The lowest BCUT2D eigenvalue weighted by Crippen LogP contribution is -2.38. The van der Waals surface area contributed by atoms with Crippen molar-refractivity contribution in [2.75, 3.05) is 46.2 Å². The van der Waals surface area contributed by atoms with E-state index in [0.717, 1.165) is 66.0 Å². The second-order valence-electron chi connectivity index (χ2n) is 7.42. The van der Waals surface area contributed by atoms with Crippen LogP contribution in [0.3, 0.4) is 0 Å². The third kappa shape index (κ3) is 4.88. The molecule has 0 saturated carbocycles. The van der Waals surface area contributed by atoms with Gasteiger partial charge in [0.25, 0.3) is 0 Å².